The number of aliphatic carboxylic acids is 1. The van der Waals surface area contributed by atoms with E-state index in [1.165, 1.54) is 5.01 Å². The zero-order valence-electron chi connectivity index (χ0n) is 16.5. The number of hydrogen-bond acceptors (Lipinski definition) is 4. The van der Waals surface area contributed by atoms with E-state index in [4.69, 9.17) is 5.11 Å². The number of carboxylic acids is 1. The first-order chi connectivity index (χ1) is 13.8. The zero-order valence-corrected chi connectivity index (χ0v) is 18.1. The van der Waals surface area contributed by atoms with Gasteiger partial charge in [0.15, 0.2) is 0 Å². The molecule has 0 saturated heterocycles. The van der Waals surface area contributed by atoms with Crippen LogP contribution in [0.15, 0.2) is 58.1 Å². The molecule has 0 radical (unpaired) electrons. The number of halogens is 1. The van der Waals surface area contributed by atoms with Gasteiger partial charge in [-0.1, -0.05) is 40.2 Å². The van der Waals surface area contributed by atoms with Crippen LogP contribution in [0.2, 0.25) is 0 Å². The number of rotatable bonds is 7. The Labute approximate surface area is 179 Å². The van der Waals surface area contributed by atoms with Gasteiger partial charge in [-0.05, 0) is 41.8 Å². The molecule has 1 aliphatic heterocycles. The van der Waals surface area contributed by atoms with Crippen molar-refractivity contribution in [3.8, 4) is 0 Å². The number of anilines is 1. The molecule has 3 rings (SSSR count). The standard InChI is InChI=1S/C22H24BrN3O3/c1-25(2)18-9-4-7-16(13-18)20-14-19(15-6-3-8-17(23)12-15)24-26(20)21(27)10-5-11-22(28)29/h3-4,6-9,12-13,20H,5,10-11,14H2,1-2H3,(H,28,29)/t20-/m1/s1. The lowest BCUT2D eigenvalue weighted by molar-refractivity contribution is -0.137. The lowest BCUT2D eigenvalue weighted by Gasteiger charge is -2.23. The van der Waals surface area contributed by atoms with Crippen molar-refractivity contribution in [3.63, 3.8) is 0 Å². The molecule has 0 bridgehead atoms. The van der Waals surface area contributed by atoms with E-state index in [-0.39, 0.29) is 24.8 Å². The minimum atomic E-state index is -0.896. The summed E-state index contributed by atoms with van der Waals surface area (Å²) in [6.45, 7) is 0. The summed E-state index contributed by atoms with van der Waals surface area (Å²) in [7, 11) is 3.96. The van der Waals surface area contributed by atoms with Gasteiger partial charge in [-0.3, -0.25) is 9.59 Å². The topological polar surface area (TPSA) is 73.2 Å². The molecule has 0 spiro atoms. The van der Waals surface area contributed by atoms with Gasteiger partial charge in [-0.15, -0.1) is 0 Å². The van der Waals surface area contributed by atoms with Crippen LogP contribution in [0.1, 0.15) is 42.9 Å². The van der Waals surface area contributed by atoms with Crippen LogP contribution < -0.4 is 4.90 Å². The average Bonchev–Trinajstić information content (AvgIpc) is 3.13. The van der Waals surface area contributed by atoms with Gasteiger partial charge >= 0.3 is 5.97 Å². The molecular weight excluding hydrogens is 434 g/mol. The molecule has 1 N–H and O–H groups in total. The third-order valence-electron chi connectivity index (χ3n) is 4.88. The molecule has 6 nitrogen and oxygen atoms in total. The molecule has 1 amide bonds. The highest BCUT2D eigenvalue weighted by atomic mass is 79.9. The average molecular weight is 458 g/mol. The summed E-state index contributed by atoms with van der Waals surface area (Å²) in [6, 6.07) is 15.7. The van der Waals surface area contributed by atoms with Crippen LogP contribution in [0.25, 0.3) is 0 Å². The number of amides is 1. The maximum Gasteiger partial charge on any atom is 0.303 e. The highest BCUT2D eigenvalue weighted by Crippen LogP contribution is 2.35. The Bertz CT molecular complexity index is 942. The largest absolute Gasteiger partial charge is 0.481 e. The first kappa shape index (κ1) is 21.0. The smallest absolute Gasteiger partial charge is 0.303 e. The molecule has 7 heteroatoms. The second kappa shape index (κ2) is 9.22. The number of carbonyl (C=O) groups excluding carboxylic acids is 1. The molecule has 1 heterocycles. The van der Waals surface area contributed by atoms with Crippen molar-refractivity contribution in [2.45, 2.75) is 31.7 Å². The van der Waals surface area contributed by atoms with E-state index in [9.17, 15) is 9.59 Å². The Balaban J connectivity index is 1.90. The number of nitrogens with zero attached hydrogens (tertiary/aromatic N) is 3. The lowest BCUT2D eigenvalue weighted by atomic mass is 9.97. The van der Waals surface area contributed by atoms with Crippen LogP contribution >= 0.6 is 15.9 Å². The molecule has 2 aromatic carbocycles. The summed E-state index contributed by atoms with van der Waals surface area (Å²) in [4.78, 5) is 25.7. The van der Waals surface area contributed by atoms with E-state index < -0.39 is 5.97 Å². The quantitative estimate of drug-likeness (QED) is 0.666. The number of hydrogen-bond donors (Lipinski definition) is 1. The molecule has 2 aromatic rings. The molecule has 29 heavy (non-hydrogen) atoms. The van der Waals surface area contributed by atoms with Crippen LogP contribution in [0.5, 0.6) is 0 Å². The second-order valence-electron chi connectivity index (χ2n) is 7.25. The van der Waals surface area contributed by atoms with E-state index in [0.717, 1.165) is 27.0 Å². The molecule has 0 aromatic heterocycles. The Kier molecular flexibility index (Phi) is 6.69. The zero-order chi connectivity index (χ0) is 21.0. The Morgan fingerprint density at radius 3 is 2.62 bits per heavy atom. The fourth-order valence-corrected chi connectivity index (χ4v) is 3.76. The fourth-order valence-electron chi connectivity index (χ4n) is 3.36. The second-order valence-corrected chi connectivity index (χ2v) is 8.17. The Hall–Kier alpha value is -2.67. The van der Waals surface area contributed by atoms with Crippen LogP contribution in [0, 0.1) is 0 Å². The predicted octanol–water partition coefficient (Wildman–Crippen LogP) is 4.45. The number of benzene rings is 2. The summed E-state index contributed by atoms with van der Waals surface area (Å²) in [5, 5.41) is 15.0. The molecule has 1 aliphatic rings. The van der Waals surface area contributed by atoms with Gasteiger partial charge in [0.1, 0.15) is 0 Å². The number of carboxylic acid groups (broad SMARTS) is 1. The molecule has 0 saturated carbocycles. The summed E-state index contributed by atoms with van der Waals surface area (Å²) in [5.74, 6) is -1.05. The van der Waals surface area contributed by atoms with Gasteiger partial charge < -0.3 is 10.0 Å². The molecule has 152 valence electrons. The van der Waals surface area contributed by atoms with Gasteiger partial charge in [0, 0.05) is 43.5 Å². The lowest BCUT2D eigenvalue weighted by Crippen LogP contribution is -2.27. The monoisotopic (exact) mass is 457 g/mol. The SMILES string of the molecule is CN(C)c1cccc([C@H]2CC(c3cccc(Br)c3)=NN2C(=O)CCCC(=O)O)c1. The van der Waals surface area contributed by atoms with Crippen molar-refractivity contribution >= 4 is 39.2 Å². The molecule has 0 aliphatic carbocycles. The first-order valence-corrected chi connectivity index (χ1v) is 10.3. The minimum Gasteiger partial charge on any atom is -0.481 e. The van der Waals surface area contributed by atoms with Gasteiger partial charge in [0.2, 0.25) is 5.91 Å². The van der Waals surface area contributed by atoms with Gasteiger partial charge in [-0.2, -0.15) is 5.10 Å². The Morgan fingerprint density at radius 1 is 1.17 bits per heavy atom. The maximum absolute atomic E-state index is 12.9. The number of carbonyl (C=O) groups is 2. The fraction of sp³-hybridized carbons (Fsp3) is 0.318. The summed E-state index contributed by atoms with van der Waals surface area (Å²) in [5.41, 5.74) is 3.88. The maximum atomic E-state index is 12.9. The van der Waals surface area contributed by atoms with E-state index in [1.807, 2.05) is 61.5 Å². The minimum absolute atomic E-state index is 0.0252. The van der Waals surface area contributed by atoms with Crippen LogP contribution in [0.3, 0.4) is 0 Å². The van der Waals surface area contributed by atoms with Crippen LogP contribution in [0.4, 0.5) is 5.69 Å². The van der Waals surface area contributed by atoms with Crippen LogP contribution in [-0.2, 0) is 9.59 Å². The van der Waals surface area contributed by atoms with Crippen molar-refractivity contribution in [2.75, 3.05) is 19.0 Å². The number of hydrazone groups is 1. The van der Waals surface area contributed by atoms with Crippen molar-refractivity contribution in [1.82, 2.24) is 5.01 Å². The van der Waals surface area contributed by atoms with Crippen molar-refractivity contribution < 1.29 is 14.7 Å². The van der Waals surface area contributed by atoms with Crippen molar-refractivity contribution in [1.29, 1.82) is 0 Å². The summed E-state index contributed by atoms with van der Waals surface area (Å²) < 4.78 is 0.954. The first-order valence-electron chi connectivity index (χ1n) is 9.49. The highest BCUT2D eigenvalue weighted by molar-refractivity contribution is 9.10. The third kappa shape index (κ3) is 5.23. The molecular formula is C22H24BrN3O3. The van der Waals surface area contributed by atoms with E-state index in [0.29, 0.717) is 12.8 Å². The molecule has 0 fully saturated rings. The van der Waals surface area contributed by atoms with Crippen molar-refractivity contribution in [2.24, 2.45) is 5.10 Å². The third-order valence-corrected chi connectivity index (χ3v) is 5.37. The van der Waals surface area contributed by atoms with E-state index >= 15 is 0 Å². The predicted molar refractivity (Wildman–Crippen MR) is 117 cm³/mol. The molecule has 0 unspecified atom stereocenters. The van der Waals surface area contributed by atoms with Gasteiger partial charge in [0.25, 0.3) is 0 Å². The Morgan fingerprint density at radius 2 is 1.93 bits per heavy atom. The van der Waals surface area contributed by atoms with E-state index in [2.05, 4.69) is 27.1 Å². The van der Waals surface area contributed by atoms with E-state index in [1.54, 1.807) is 0 Å². The summed E-state index contributed by atoms with van der Waals surface area (Å²) in [6.07, 6.45) is 1.04. The van der Waals surface area contributed by atoms with Crippen LogP contribution in [-0.4, -0.2) is 41.8 Å². The highest BCUT2D eigenvalue weighted by Gasteiger charge is 2.33. The van der Waals surface area contributed by atoms with Gasteiger partial charge in [-0.25, -0.2) is 5.01 Å². The van der Waals surface area contributed by atoms with Gasteiger partial charge in [0.05, 0.1) is 11.8 Å². The molecule has 1 atom stereocenters. The normalized spacial score (nSPS) is 15.9. The van der Waals surface area contributed by atoms with Crippen molar-refractivity contribution in [3.05, 3.63) is 64.1 Å². The summed E-state index contributed by atoms with van der Waals surface area (Å²) >= 11 is 3.49.